The average molecular weight is 365 g/mol. The van der Waals surface area contributed by atoms with Crippen LogP contribution in [0.2, 0.25) is 0 Å². The molecule has 2 aromatic rings. The molecule has 1 aliphatic rings. The number of amides is 1. The first kappa shape index (κ1) is 18.6. The molecule has 1 heterocycles. The minimum absolute atomic E-state index is 0.202. The van der Waals surface area contributed by atoms with Crippen LogP contribution >= 0.6 is 0 Å². The molecule has 27 heavy (non-hydrogen) atoms. The molecule has 138 valence electrons. The second kappa shape index (κ2) is 7.58. The molecule has 4 nitrogen and oxygen atoms in total. The summed E-state index contributed by atoms with van der Waals surface area (Å²) in [4.78, 5) is 27.1. The standard InChI is InChI=1S/C22H20FNO3/c1-14(17-9-5-4-6-10-17)24-15(2)20(22(26)27-3)19(21(24)25)13-16-8-7-11-18(23)12-16/h4-14H,1-3H3/b19-13-/t14-/m0/s1. The lowest BCUT2D eigenvalue weighted by Gasteiger charge is -2.26. The van der Waals surface area contributed by atoms with Crippen LogP contribution in [-0.4, -0.2) is 23.9 Å². The molecular formula is C22H20FNO3. The second-order valence-electron chi connectivity index (χ2n) is 6.33. The van der Waals surface area contributed by atoms with Crippen LogP contribution in [0.25, 0.3) is 6.08 Å². The molecule has 0 bridgehead atoms. The van der Waals surface area contributed by atoms with Crippen LogP contribution in [0.15, 0.2) is 71.4 Å². The first-order valence-corrected chi connectivity index (χ1v) is 8.59. The number of hydrogen-bond donors (Lipinski definition) is 0. The molecule has 1 amide bonds. The van der Waals surface area contributed by atoms with Gasteiger partial charge in [-0.1, -0.05) is 42.5 Å². The van der Waals surface area contributed by atoms with Crippen molar-refractivity contribution in [3.05, 3.63) is 88.4 Å². The van der Waals surface area contributed by atoms with Gasteiger partial charge in [0, 0.05) is 5.70 Å². The van der Waals surface area contributed by atoms with Crippen molar-refractivity contribution in [2.45, 2.75) is 19.9 Å². The molecule has 0 aliphatic carbocycles. The van der Waals surface area contributed by atoms with E-state index in [4.69, 9.17) is 4.74 Å². The lowest BCUT2D eigenvalue weighted by Crippen LogP contribution is -2.28. The largest absolute Gasteiger partial charge is 0.465 e. The maximum absolute atomic E-state index is 13.5. The van der Waals surface area contributed by atoms with Crippen molar-refractivity contribution in [1.82, 2.24) is 4.90 Å². The molecule has 3 rings (SSSR count). The van der Waals surface area contributed by atoms with E-state index in [0.717, 1.165) is 5.56 Å². The van der Waals surface area contributed by atoms with E-state index in [0.29, 0.717) is 11.3 Å². The van der Waals surface area contributed by atoms with Gasteiger partial charge >= 0.3 is 5.97 Å². The van der Waals surface area contributed by atoms with Gasteiger partial charge in [0.05, 0.1) is 24.3 Å². The van der Waals surface area contributed by atoms with Gasteiger partial charge < -0.3 is 9.64 Å². The summed E-state index contributed by atoms with van der Waals surface area (Å²) >= 11 is 0. The Hall–Kier alpha value is -3.21. The molecule has 0 aromatic heterocycles. The molecule has 0 saturated heterocycles. The van der Waals surface area contributed by atoms with Crippen LogP contribution in [-0.2, 0) is 14.3 Å². The summed E-state index contributed by atoms with van der Waals surface area (Å²) in [6.07, 6.45) is 1.53. The summed E-state index contributed by atoms with van der Waals surface area (Å²) in [5.74, 6) is -1.32. The summed E-state index contributed by atoms with van der Waals surface area (Å²) in [5.41, 5.74) is 2.37. The predicted molar refractivity (Wildman–Crippen MR) is 101 cm³/mol. The number of hydrogen-bond acceptors (Lipinski definition) is 3. The molecule has 1 atom stereocenters. The van der Waals surface area contributed by atoms with Gasteiger partial charge in [-0.2, -0.15) is 0 Å². The van der Waals surface area contributed by atoms with E-state index >= 15 is 0 Å². The zero-order valence-corrected chi connectivity index (χ0v) is 15.4. The van der Waals surface area contributed by atoms with Crippen LogP contribution in [0.1, 0.15) is 31.0 Å². The molecule has 5 heteroatoms. The van der Waals surface area contributed by atoms with Crippen LogP contribution in [0, 0.1) is 5.82 Å². The van der Waals surface area contributed by atoms with Crippen molar-refractivity contribution in [2.75, 3.05) is 7.11 Å². The van der Waals surface area contributed by atoms with E-state index < -0.39 is 11.8 Å². The van der Waals surface area contributed by atoms with E-state index in [-0.39, 0.29) is 23.1 Å². The summed E-state index contributed by atoms with van der Waals surface area (Å²) < 4.78 is 18.4. The minimum Gasteiger partial charge on any atom is -0.465 e. The highest BCUT2D eigenvalue weighted by atomic mass is 19.1. The molecule has 2 aromatic carbocycles. The fraction of sp³-hybridized carbons (Fsp3) is 0.182. The van der Waals surface area contributed by atoms with Crippen molar-refractivity contribution in [3.8, 4) is 0 Å². The Kier molecular flexibility index (Phi) is 5.21. The number of allylic oxidation sites excluding steroid dienone is 1. The third-order valence-corrected chi connectivity index (χ3v) is 4.66. The Morgan fingerprint density at radius 2 is 1.85 bits per heavy atom. The zero-order chi connectivity index (χ0) is 19.6. The maximum atomic E-state index is 13.5. The predicted octanol–water partition coefficient (Wildman–Crippen LogP) is 4.26. The summed E-state index contributed by atoms with van der Waals surface area (Å²) in [6.45, 7) is 3.62. The molecule has 0 saturated carbocycles. The number of halogens is 1. The first-order chi connectivity index (χ1) is 12.9. The van der Waals surface area contributed by atoms with Crippen LogP contribution in [0.3, 0.4) is 0 Å². The average Bonchev–Trinajstić information content (AvgIpc) is 2.91. The fourth-order valence-corrected chi connectivity index (χ4v) is 3.31. The van der Waals surface area contributed by atoms with Gasteiger partial charge in [-0.05, 0) is 43.2 Å². The van der Waals surface area contributed by atoms with Crippen LogP contribution in [0.4, 0.5) is 4.39 Å². The number of esters is 1. The van der Waals surface area contributed by atoms with Crippen LogP contribution in [0.5, 0.6) is 0 Å². The lowest BCUT2D eigenvalue weighted by molar-refractivity contribution is -0.136. The molecular weight excluding hydrogens is 345 g/mol. The quantitative estimate of drug-likeness (QED) is 0.601. The SMILES string of the molecule is COC(=O)C1=C(C)N([C@@H](C)c2ccccc2)C(=O)/C1=C\c1cccc(F)c1. The van der Waals surface area contributed by atoms with Crippen molar-refractivity contribution in [2.24, 2.45) is 0 Å². The number of carbonyl (C=O) groups excluding carboxylic acids is 2. The van der Waals surface area contributed by atoms with Crippen molar-refractivity contribution >= 4 is 18.0 Å². The Morgan fingerprint density at radius 1 is 1.15 bits per heavy atom. The topological polar surface area (TPSA) is 46.6 Å². The van der Waals surface area contributed by atoms with Crippen molar-refractivity contribution in [3.63, 3.8) is 0 Å². The highest BCUT2D eigenvalue weighted by Crippen LogP contribution is 2.37. The second-order valence-corrected chi connectivity index (χ2v) is 6.33. The van der Waals surface area contributed by atoms with Gasteiger partial charge in [0.15, 0.2) is 0 Å². The maximum Gasteiger partial charge on any atom is 0.340 e. The van der Waals surface area contributed by atoms with Gasteiger partial charge in [-0.15, -0.1) is 0 Å². The Balaban J connectivity index is 2.09. The number of ether oxygens (including phenoxy) is 1. The summed E-state index contributed by atoms with van der Waals surface area (Å²) in [6, 6.07) is 15.2. The number of benzene rings is 2. The van der Waals surface area contributed by atoms with E-state index in [9.17, 15) is 14.0 Å². The normalized spacial score (nSPS) is 16.8. The number of rotatable bonds is 4. The highest BCUT2D eigenvalue weighted by Gasteiger charge is 2.39. The van der Waals surface area contributed by atoms with Gasteiger partial charge in [0.1, 0.15) is 5.82 Å². The molecule has 0 radical (unpaired) electrons. The number of carbonyl (C=O) groups is 2. The fourth-order valence-electron chi connectivity index (χ4n) is 3.31. The highest BCUT2D eigenvalue weighted by molar-refractivity contribution is 6.16. The minimum atomic E-state index is -0.591. The monoisotopic (exact) mass is 365 g/mol. The summed E-state index contributed by atoms with van der Waals surface area (Å²) in [7, 11) is 1.27. The molecule has 0 fully saturated rings. The Bertz CT molecular complexity index is 947. The van der Waals surface area contributed by atoms with Gasteiger partial charge in [0.25, 0.3) is 5.91 Å². The van der Waals surface area contributed by atoms with Crippen molar-refractivity contribution in [1.29, 1.82) is 0 Å². The van der Waals surface area contributed by atoms with Gasteiger partial charge in [-0.3, -0.25) is 4.79 Å². The Labute approximate surface area is 157 Å². The molecule has 0 unspecified atom stereocenters. The van der Waals surface area contributed by atoms with Crippen molar-refractivity contribution < 1.29 is 18.7 Å². The summed E-state index contributed by atoms with van der Waals surface area (Å²) in [5, 5.41) is 0. The van der Waals surface area contributed by atoms with E-state index in [1.54, 1.807) is 24.0 Å². The number of nitrogens with zero attached hydrogens (tertiary/aromatic N) is 1. The van der Waals surface area contributed by atoms with E-state index in [1.807, 2.05) is 37.3 Å². The van der Waals surface area contributed by atoms with E-state index in [2.05, 4.69) is 0 Å². The zero-order valence-electron chi connectivity index (χ0n) is 15.4. The lowest BCUT2D eigenvalue weighted by atomic mass is 10.0. The number of methoxy groups -OCH3 is 1. The van der Waals surface area contributed by atoms with E-state index in [1.165, 1.54) is 25.3 Å². The molecule has 0 spiro atoms. The molecule has 1 aliphatic heterocycles. The van der Waals surface area contributed by atoms with Gasteiger partial charge in [-0.25, -0.2) is 9.18 Å². The third kappa shape index (κ3) is 3.53. The van der Waals surface area contributed by atoms with Gasteiger partial charge in [0.2, 0.25) is 0 Å². The first-order valence-electron chi connectivity index (χ1n) is 8.59. The third-order valence-electron chi connectivity index (χ3n) is 4.66. The van der Waals surface area contributed by atoms with Crippen LogP contribution < -0.4 is 0 Å². The Morgan fingerprint density at radius 3 is 2.48 bits per heavy atom. The molecule has 0 N–H and O–H groups in total. The smallest absolute Gasteiger partial charge is 0.340 e.